The first-order valence-electron chi connectivity index (χ1n) is 7.81. The number of hydrogen-bond donors (Lipinski definition) is 2. The van der Waals surface area contributed by atoms with Crippen molar-refractivity contribution >= 4 is 11.7 Å². The number of amides is 2. The third kappa shape index (κ3) is 3.67. The summed E-state index contributed by atoms with van der Waals surface area (Å²) < 4.78 is 0. The second-order valence-electron chi connectivity index (χ2n) is 5.60. The van der Waals surface area contributed by atoms with Gasteiger partial charge < -0.3 is 10.6 Å². The van der Waals surface area contributed by atoms with Crippen molar-refractivity contribution in [1.82, 2.24) is 5.32 Å². The molecule has 0 saturated carbocycles. The fourth-order valence-electron chi connectivity index (χ4n) is 2.68. The van der Waals surface area contributed by atoms with E-state index in [4.69, 9.17) is 0 Å². The normalized spacial score (nSPS) is 11.0. The lowest BCUT2D eigenvalue weighted by atomic mass is 9.85. The van der Waals surface area contributed by atoms with E-state index >= 15 is 0 Å². The molecule has 2 amide bonds. The highest BCUT2D eigenvalue weighted by molar-refractivity contribution is 5.89. The number of aryl methyl sites for hydroxylation is 1. The average Bonchev–Trinajstić information content (AvgIpc) is 2.56. The molecule has 0 unspecified atom stereocenters. The van der Waals surface area contributed by atoms with Gasteiger partial charge in [0.05, 0.1) is 5.54 Å². The monoisotopic (exact) mass is 296 g/mol. The van der Waals surface area contributed by atoms with Gasteiger partial charge >= 0.3 is 6.03 Å². The standard InChI is InChI=1S/C19H24N2O/c1-4-19(5-2,16-9-7-6-8-10-16)21-18(22)20-17-13-11-15(3)12-14-17/h6-14H,4-5H2,1-3H3,(H2,20,21,22). The van der Waals surface area contributed by atoms with Crippen LogP contribution in [0.1, 0.15) is 37.8 Å². The molecule has 0 atom stereocenters. The van der Waals surface area contributed by atoms with E-state index < -0.39 is 0 Å². The van der Waals surface area contributed by atoms with Gasteiger partial charge in [-0.25, -0.2) is 4.79 Å². The van der Waals surface area contributed by atoms with Gasteiger partial charge in [-0.05, 0) is 37.5 Å². The van der Waals surface area contributed by atoms with Crippen molar-refractivity contribution in [3.63, 3.8) is 0 Å². The summed E-state index contributed by atoms with van der Waals surface area (Å²) in [5.41, 5.74) is 2.78. The fourth-order valence-corrected chi connectivity index (χ4v) is 2.68. The number of urea groups is 1. The van der Waals surface area contributed by atoms with Gasteiger partial charge in [0, 0.05) is 5.69 Å². The lowest BCUT2D eigenvalue weighted by Gasteiger charge is -2.33. The molecular weight excluding hydrogens is 272 g/mol. The van der Waals surface area contributed by atoms with E-state index in [-0.39, 0.29) is 11.6 Å². The van der Waals surface area contributed by atoms with Crippen LogP contribution in [0.25, 0.3) is 0 Å². The first-order chi connectivity index (χ1) is 10.6. The molecule has 0 spiro atoms. The Morgan fingerprint density at radius 2 is 1.55 bits per heavy atom. The number of carbonyl (C=O) groups excluding carboxylic acids is 1. The van der Waals surface area contributed by atoms with Crippen LogP contribution in [0.2, 0.25) is 0 Å². The molecule has 0 fully saturated rings. The zero-order valence-corrected chi connectivity index (χ0v) is 13.5. The highest BCUT2D eigenvalue weighted by Crippen LogP contribution is 2.28. The second kappa shape index (κ2) is 7.12. The van der Waals surface area contributed by atoms with Gasteiger partial charge in [0.25, 0.3) is 0 Å². The van der Waals surface area contributed by atoms with Crippen LogP contribution in [-0.2, 0) is 5.54 Å². The van der Waals surface area contributed by atoms with Gasteiger partial charge in [0.2, 0.25) is 0 Å². The molecule has 2 N–H and O–H groups in total. The minimum atomic E-state index is -0.337. The zero-order chi connectivity index (χ0) is 16.0. The highest BCUT2D eigenvalue weighted by Gasteiger charge is 2.30. The number of anilines is 1. The van der Waals surface area contributed by atoms with Gasteiger partial charge in [-0.15, -0.1) is 0 Å². The van der Waals surface area contributed by atoms with Gasteiger partial charge in [0.15, 0.2) is 0 Å². The summed E-state index contributed by atoms with van der Waals surface area (Å²) in [6.45, 7) is 6.23. The average molecular weight is 296 g/mol. The Morgan fingerprint density at radius 3 is 2.09 bits per heavy atom. The summed E-state index contributed by atoms with van der Waals surface area (Å²) in [6, 6.07) is 17.8. The molecule has 0 aliphatic rings. The first kappa shape index (κ1) is 16.1. The summed E-state index contributed by atoms with van der Waals surface area (Å²) >= 11 is 0. The maximum Gasteiger partial charge on any atom is 0.319 e. The van der Waals surface area contributed by atoms with Crippen molar-refractivity contribution < 1.29 is 4.79 Å². The van der Waals surface area contributed by atoms with Gasteiger partial charge in [-0.1, -0.05) is 61.9 Å². The molecule has 2 aromatic rings. The Bertz CT molecular complexity index is 601. The molecule has 116 valence electrons. The Kier molecular flexibility index (Phi) is 5.21. The largest absolute Gasteiger partial charge is 0.328 e. The molecule has 3 nitrogen and oxygen atoms in total. The summed E-state index contributed by atoms with van der Waals surface area (Å²) in [5.74, 6) is 0. The first-order valence-corrected chi connectivity index (χ1v) is 7.81. The molecule has 0 aliphatic carbocycles. The highest BCUT2D eigenvalue weighted by atomic mass is 16.2. The lowest BCUT2D eigenvalue weighted by molar-refractivity contribution is 0.232. The topological polar surface area (TPSA) is 41.1 Å². The van der Waals surface area contributed by atoms with Crippen LogP contribution in [0, 0.1) is 6.92 Å². The SMILES string of the molecule is CCC(CC)(NC(=O)Nc1ccc(C)cc1)c1ccccc1. The molecular formula is C19H24N2O. The van der Waals surface area contributed by atoms with Gasteiger partial charge in [-0.2, -0.15) is 0 Å². The Morgan fingerprint density at radius 1 is 0.955 bits per heavy atom. The molecule has 22 heavy (non-hydrogen) atoms. The predicted molar refractivity (Wildman–Crippen MR) is 92.0 cm³/mol. The van der Waals surface area contributed by atoms with Crippen LogP contribution >= 0.6 is 0 Å². The lowest BCUT2D eigenvalue weighted by Crippen LogP contribution is -2.47. The summed E-state index contributed by atoms with van der Waals surface area (Å²) in [4.78, 5) is 12.4. The Hall–Kier alpha value is -2.29. The smallest absolute Gasteiger partial charge is 0.319 e. The van der Waals surface area contributed by atoms with E-state index in [1.54, 1.807) is 0 Å². The van der Waals surface area contributed by atoms with Gasteiger partial charge in [-0.3, -0.25) is 0 Å². The summed E-state index contributed by atoms with van der Waals surface area (Å²) in [5, 5.41) is 6.07. The second-order valence-corrected chi connectivity index (χ2v) is 5.60. The van der Waals surface area contributed by atoms with Crippen LogP contribution in [-0.4, -0.2) is 6.03 Å². The van der Waals surface area contributed by atoms with E-state index in [1.165, 1.54) is 5.56 Å². The van der Waals surface area contributed by atoms with Crippen LogP contribution < -0.4 is 10.6 Å². The number of carbonyl (C=O) groups is 1. The van der Waals surface area contributed by atoms with Crippen molar-refractivity contribution in [3.8, 4) is 0 Å². The molecule has 0 radical (unpaired) electrons. The number of nitrogens with one attached hydrogen (secondary N) is 2. The molecule has 0 bridgehead atoms. The molecule has 0 aliphatic heterocycles. The van der Waals surface area contributed by atoms with Crippen molar-refractivity contribution in [2.45, 2.75) is 39.2 Å². The molecule has 0 saturated heterocycles. The third-order valence-corrected chi connectivity index (χ3v) is 4.20. The zero-order valence-electron chi connectivity index (χ0n) is 13.5. The number of benzene rings is 2. The molecule has 2 rings (SSSR count). The minimum Gasteiger partial charge on any atom is -0.328 e. The van der Waals surface area contributed by atoms with Crippen molar-refractivity contribution in [2.75, 3.05) is 5.32 Å². The van der Waals surface area contributed by atoms with Crippen LogP contribution in [0.5, 0.6) is 0 Å². The summed E-state index contributed by atoms with van der Waals surface area (Å²) in [6.07, 6.45) is 1.68. The van der Waals surface area contributed by atoms with E-state index in [2.05, 4.69) is 36.6 Å². The van der Waals surface area contributed by atoms with E-state index in [9.17, 15) is 4.79 Å². The molecule has 2 aromatic carbocycles. The molecule has 0 aromatic heterocycles. The van der Waals surface area contributed by atoms with Gasteiger partial charge in [0.1, 0.15) is 0 Å². The number of rotatable bonds is 5. The molecule has 3 heteroatoms. The van der Waals surface area contributed by atoms with E-state index in [0.29, 0.717) is 0 Å². The maximum atomic E-state index is 12.4. The van der Waals surface area contributed by atoms with E-state index in [1.807, 2.05) is 49.4 Å². The maximum absolute atomic E-state index is 12.4. The summed E-state index contributed by atoms with van der Waals surface area (Å²) in [7, 11) is 0. The Balaban J connectivity index is 2.14. The predicted octanol–water partition coefficient (Wildman–Crippen LogP) is 4.83. The minimum absolute atomic E-state index is 0.170. The Labute approximate surface area is 132 Å². The van der Waals surface area contributed by atoms with E-state index in [0.717, 1.165) is 24.1 Å². The third-order valence-electron chi connectivity index (χ3n) is 4.20. The fraction of sp³-hybridized carbons (Fsp3) is 0.316. The quantitative estimate of drug-likeness (QED) is 0.815. The van der Waals surface area contributed by atoms with Crippen molar-refractivity contribution in [1.29, 1.82) is 0 Å². The van der Waals surface area contributed by atoms with Crippen molar-refractivity contribution in [3.05, 3.63) is 65.7 Å². The van der Waals surface area contributed by atoms with Crippen LogP contribution in [0.4, 0.5) is 10.5 Å². The number of hydrogen-bond acceptors (Lipinski definition) is 1. The van der Waals surface area contributed by atoms with Crippen LogP contribution in [0.3, 0.4) is 0 Å². The molecule has 0 heterocycles. The van der Waals surface area contributed by atoms with Crippen molar-refractivity contribution in [2.24, 2.45) is 0 Å². The van der Waals surface area contributed by atoms with Crippen LogP contribution in [0.15, 0.2) is 54.6 Å².